The molecule has 0 aliphatic carbocycles. The van der Waals surface area contributed by atoms with E-state index in [4.69, 9.17) is 0 Å². The third-order valence-corrected chi connectivity index (χ3v) is 3.60. The molecule has 5 heteroatoms. The van der Waals surface area contributed by atoms with Gasteiger partial charge in [0.15, 0.2) is 0 Å². The van der Waals surface area contributed by atoms with E-state index in [1.165, 1.54) is 0 Å². The van der Waals surface area contributed by atoms with Gasteiger partial charge < -0.3 is 10.4 Å². The molecule has 0 aliphatic heterocycles. The van der Waals surface area contributed by atoms with E-state index in [0.717, 1.165) is 4.47 Å². The lowest BCUT2D eigenvalue weighted by atomic mass is 9.99. The highest BCUT2D eigenvalue weighted by Crippen LogP contribution is 2.15. The van der Waals surface area contributed by atoms with E-state index in [1.807, 2.05) is 6.07 Å². The van der Waals surface area contributed by atoms with Crippen LogP contribution >= 0.6 is 15.9 Å². The molecule has 0 bridgehead atoms. The van der Waals surface area contributed by atoms with Crippen molar-refractivity contribution in [2.45, 2.75) is 5.92 Å². The van der Waals surface area contributed by atoms with Gasteiger partial charge in [0.05, 0.1) is 5.92 Å². The Hall–Kier alpha value is -2.14. The van der Waals surface area contributed by atoms with Crippen LogP contribution in [0.1, 0.15) is 21.8 Å². The summed E-state index contributed by atoms with van der Waals surface area (Å²) in [5.74, 6) is -2.01. The molecule has 0 saturated carbocycles. The zero-order chi connectivity index (χ0) is 15.2. The quantitative estimate of drug-likeness (QED) is 0.873. The molecule has 108 valence electrons. The topological polar surface area (TPSA) is 66.4 Å². The number of carboxylic acid groups (broad SMARTS) is 1. The van der Waals surface area contributed by atoms with Gasteiger partial charge in [-0.2, -0.15) is 0 Å². The number of carboxylic acids is 1. The lowest BCUT2D eigenvalue weighted by molar-refractivity contribution is -0.138. The number of carbonyl (C=O) groups excluding carboxylic acids is 1. The van der Waals surface area contributed by atoms with Crippen LogP contribution in [0.5, 0.6) is 0 Å². The number of amides is 1. The highest BCUT2D eigenvalue weighted by atomic mass is 79.9. The zero-order valence-corrected chi connectivity index (χ0v) is 12.7. The fourth-order valence-electron chi connectivity index (χ4n) is 1.93. The van der Waals surface area contributed by atoms with E-state index in [1.54, 1.807) is 48.5 Å². The van der Waals surface area contributed by atoms with Gasteiger partial charge in [-0.05, 0) is 29.8 Å². The Morgan fingerprint density at radius 1 is 1.05 bits per heavy atom. The monoisotopic (exact) mass is 347 g/mol. The van der Waals surface area contributed by atoms with Gasteiger partial charge in [-0.3, -0.25) is 9.59 Å². The number of carbonyl (C=O) groups is 2. The number of hydrogen-bond acceptors (Lipinski definition) is 2. The summed E-state index contributed by atoms with van der Waals surface area (Å²) >= 11 is 3.30. The van der Waals surface area contributed by atoms with E-state index in [2.05, 4.69) is 21.2 Å². The molecule has 0 spiro atoms. The van der Waals surface area contributed by atoms with E-state index in [9.17, 15) is 14.7 Å². The van der Waals surface area contributed by atoms with Crippen molar-refractivity contribution in [2.75, 3.05) is 6.54 Å². The minimum atomic E-state index is -0.961. The van der Waals surface area contributed by atoms with Crippen molar-refractivity contribution in [3.05, 3.63) is 70.2 Å². The third kappa shape index (κ3) is 4.16. The van der Waals surface area contributed by atoms with Gasteiger partial charge in [0.2, 0.25) is 0 Å². The maximum Gasteiger partial charge on any atom is 0.312 e. The second kappa shape index (κ2) is 7.04. The number of nitrogens with one attached hydrogen (secondary N) is 1. The Kier molecular flexibility index (Phi) is 5.11. The summed E-state index contributed by atoms with van der Waals surface area (Å²) in [6.45, 7) is 0.0498. The number of rotatable bonds is 5. The highest BCUT2D eigenvalue weighted by Gasteiger charge is 2.20. The van der Waals surface area contributed by atoms with Gasteiger partial charge in [-0.1, -0.05) is 46.3 Å². The Balaban J connectivity index is 2.04. The second-order valence-corrected chi connectivity index (χ2v) is 5.43. The summed E-state index contributed by atoms with van der Waals surface area (Å²) in [6, 6.07) is 15.7. The fourth-order valence-corrected chi connectivity index (χ4v) is 2.20. The molecular formula is C16H14BrNO3. The normalized spacial score (nSPS) is 11.7. The molecule has 1 atom stereocenters. The van der Waals surface area contributed by atoms with E-state index >= 15 is 0 Å². The number of halogens is 1. The van der Waals surface area contributed by atoms with Gasteiger partial charge in [-0.15, -0.1) is 0 Å². The predicted octanol–water partition coefficient (Wildman–Crippen LogP) is 3.05. The molecule has 2 rings (SSSR count). The number of benzene rings is 2. The van der Waals surface area contributed by atoms with Gasteiger partial charge in [0.25, 0.3) is 5.91 Å². The standard InChI is InChI=1S/C16H14BrNO3/c17-13-8-6-12(7-9-13)15(19)18-10-14(16(20)21)11-4-2-1-3-5-11/h1-9,14H,10H2,(H,18,19)(H,20,21). The van der Waals surface area contributed by atoms with Gasteiger partial charge >= 0.3 is 5.97 Å². The Morgan fingerprint density at radius 3 is 2.24 bits per heavy atom. The van der Waals surface area contributed by atoms with E-state index in [-0.39, 0.29) is 12.5 Å². The summed E-state index contributed by atoms with van der Waals surface area (Å²) in [5, 5.41) is 12.0. The molecule has 0 radical (unpaired) electrons. The molecule has 0 heterocycles. The van der Waals surface area contributed by atoms with Crippen LogP contribution in [-0.2, 0) is 4.79 Å². The van der Waals surface area contributed by atoms with Crippen LogP contribution in [0.2, 0.25) is 0 Å². The van der Waals surface area contributed by atoms with Crippen LogP contribution < -0.4 is 5.32 Å². The van der Waals surface area contributed by atoms with Gasteiger partial charge in [-0.25, -0.2) is 0 Å². The van der Waals surface area contributed by atoms with Crippen molar-refractivity contribution in [1.82, 2.24) is 5.32 Å². The minimum Gasteiger partial charge on any atom is -0.481 e. The van der Waals surface area contributed by atoms with Crippen molar-refractivity contribution >= 4 is 27.8 Å². The molecule has 0 aromatic heterocycles. The van der Waals surface area contributed by atoms with Crippen LogP contribution in [0.3, 0.4) is 0 Å². The average molecular weight is 348 g/mol. The molecular weight excluding hydrogens is 334 g/mol. The molecule has 2 aromatic rings. The lowest BCUT2D eigenvalue weighted by Crippen LogP contribution is -2.31. The van der Waals surface area contributed by atoms with Crippen LogP contribution in [0, 0.1) is 0 Å². The molecule has 2 N–H and O–H groups in total. The smallest absolute Gasteiger partial charge is 0.312 e. The summed E-state index contributed by atoms with van der Waals surface area (Å²) in [6.07, 6.45) is 0. The summed E-state index contributed by atoms with van der Waals surface area (Å²) in [5.41, 5.74) is 1.16. The summed E-state index contributed by atoms with van der Waals surface area (Å²) in [7, 11) is 0. The minimum absolute atomic E-state index is 0.0498. The van der Waals surface area contributed by atoms with Crippen LogP contribution in [0.15, 0.2) is 59.1 Å². The highest BCUT2D eigenvalue weighted by molar-refractivity contribution is 9.10. The van der Waals surface area contributed by atoms with E-state index in [0.29, 0.717) is 11.1 Å². The molecule has 0 saturated heterocycles. The fraction of sp³-hybridized carbons (Fsp3) is 0.125. The van der Waals surface area contributed by atoms with Crippen LogP contribution in [0.4, 0.5) is 0 Å². The average Bonchev–Trinajstić information content (AvgIpc) is 2.48. The number of aliphatic carboxylic acids is 1. The van der Waals surface area contributed by atoms with Crippen molar-refractivity contribution in [3.63, 3.8) is 0 Å². The Labute approximate surface area is 130 Å². The van der Waals surface area contributed by atoms with Crippen molar-refractivity contribution < 1.29 is 14.7 Å². The van der Waals surface area contributed by atoms with Crippen molar-refractivity contribution in [3.8, 4) is 0 Å². The first-order valence-electron chi connectivity index (χ1n) is 6.39. The molecule has 0 aliphatic rings. The van der Waals surface area contributed by atoms with Crippen molar-refractivity contribution in [1.29, 1.82) is 0 Å². The first kappa shape index (κ1) is 15.3. The van der Waals surface area contributed by atoms with Gasteiger partial charge in [0, 0.05) is 16.6 Å². The first-order chi connectivity index (χ1) is 10.1. The second-order valence-electron chi connectivity index (χ2n) is 4.52. The molecule has 0 fully saturated rings. The van der Waals surface area contributed by atoms with Crippen LogP contribution in [0.25, 0.3) is 0 Å². The molecule has 1 amide bonds. The van der Waals surface area contributed by atoms with E-state index < -0.39 is 11.9 Å². The lowest BCUT2D eigenvalue weighted by Gasteiger charge is -2.13. The zero-order valence-electron chi connectivity index (χ0n) is 11.1. The third-order valence-electron chi connectivity index (χ3n) is 3.07. The number of hydrogen-bond donors (Lipinski definition) is 2. The SMILES string of the molecule is O=C(NCC(C(=O)O)c1ccccc1)c1ccc(Br)cc1. The Morgan fingerprint density at radius 2 is 1.67 bits per heavy atom. The maximum atomic E-state index is 12.0. The predicted molar refractivity (Wildman–Crippen MR) is 83.3 cm³/mol. The molecule has 2 aromatic carbocycles. The Bertz CT molecular complexity index is 626. The van der Waals surface area contributed by atoms with Crippen molar-refractivity contribution in [2.24, 2.45) is 0 Å². The summed E-state index contributed by atoms with van der Waals surface area (Å²) in [4.78, 5) is 23.3. The first-order valence-corrected chi connectivity index (χ1v) is 7.19. The summed E-state index contributed by atoms with van der Waals surface area (Å²) < 4.78 is 0.881. The van der Waals surface area contributed by atoms with Crippen LogP contribution in [-0.4, -0.2) is 23.5 Å². The maximum absolute atomic E-state index is 12.0. The largest absolute Gasteiger partial charge is 0.481 e. The molecule has 4 nitrogen and oxygen atoms in total. The molecule has 21 heavy (non-hydrogen) atoms. The molecule has 1 unspecified atom stereocenters. The van der Waals surface area contributed by atoms with Gasteiger partial charge in [0.1, 0.15) is 0 Å².